The smallest absolute Gasteiger partial charge is 0.150 e. The van der Waals surface area contributed by atoms with Gasteiger partial charge in [0.05, 0.1) is 11.6 Å². The average molecular weight is 207 g/mol. The largest absolute Gasteiger partial charge is 0.298 e. The van der Waals surface area contributed by atoms with Crippen molar-refractivity contribution in [3.63, 3.8) is 0 Å². The van der Waals surface area contributed by atoms with E-state index in [1.54, 1.807) is 18.2 Å². The Bertz CT molecular complexity index is 567. The second-order valence-electron chi connectivity index (χ2n) is 3.40. The van der Waals surface area contributed by atoms with E-state index in [4.69, 9.17) is 5.26 Å². The van der Waals surface area contributed by atoms with E-state index in [0.717, 1.165) is 17.4 Å². The zero-order valence-corrected chi connectivity index (χ0v) is 8.55. The first kappa shape index (κ1) is 10.1. The van der Waals surface area contributed by atoms with Gasteiger partial charge in [0.2, 0.25) is 0 Å². The van der Waals surface area contributed by atoms with E-state index in [1.807, 2.05) is 30.3 Å². The zero-order chi connectivity index (χ0) is 11.4. The van der Waals surface area contributed by atoms with Crippen molar-refractivity contribution in [1.29, 1.82) is 5.26 Å². The number of nitrogens with zero attached hydrogens (tertiary/aromatic N) is 1. The van der Waals surface area contributed by atoms with Gasteiger partial charge in [-0.2, -0.15) is 5.26 Å². The highest BCUT2D eigenvalue weighted by atomic mass is 16.1. The summed E-state index contributed by atoms with van der Waals surface area (Å²) in [4.78, 5) is 10.7. The first-order valence-electron chi connectivity index (χ1n) is 4.90. The molecule has 0 saturated carbocycles. The van der Waals surface area contributed by atoms with E-state index in [1.165, 1.54) is 0 Å². The van der Waals surface area contributed by atoms with Gasteiger partial charge in [-0.15, -0.1) is 0 Å². The van der Waals surface area contributed by atoms with Crippen LogP contribution in [0.25, 0.3) is 11.1 Å². The number of benzene rings is 2. The maximum atomic E-state index is 10.7. The molecule has 2 aromatic carbocycles. The molecule has 2 aromatic rings. The number of carbonyl (C=O) groups excluding carboxylic acids is 1. The standard InChI is InChI=1S/C14H9NO/c15-9-13-5-1-2-7-14(13)12-6-3-4-11(8-12)10-16/h1-8,10H. The highest BCUT2D eigenvalue weighted by molar-refractivity contribution is 5.80. The van der Waals surface area contributed by atoms with Gasteiger partial charge in [0.1, 0.15) is 6.29 Å². The van der Waals surface area contributed by atoms with Crippen molar-refractivity contribution in [2.45, 2.75) is 0 Å². The molecule has 0 fully saturated rings. The fourth-order valence-corrected chi connectivity index (χ4v) is 1.61. The van der Waals surface area contributed by atoms with Crippen LogP contribution in [0.3, 0.4) is 0 Å². The maximum Gasteiger partial charge on any atom is 0.150 e. The number of hydrogen-bond acceptors (Lipinski definition) is 2. The Balaban J connectivity index is 2.59. The highest BCUT2D eigenvalue weighted by Crippen LogP contribution is 2.23. The molecule has 0 saturated heterocycles. The zero-order valence-electron chi connectivity index (χ0n) is 8.55. The van der Waals surface area contributed by atoms with Gasteiger partial charge < -0.3 is 0 Å². The Morgan fingerprint density at radius 3 is 2.62 bits per heavy atom. The monoisotopic (exact) mass is 207 g/mol. The normalized spacial score (nSPS) is 9.44. The van der Waals surface area contributed by atoms with Crippen LogP contribution in [0.2, 0.25) is 0 Å². The lowest BCUT2D eigenvalue weighted by molar-refractivity contribution is 0.112. The Kier molecular flexibility index (Phi) is 2.79. The molecule has 0 amide bonds. The van der Waals surface area contributed by atoms with Gasteiger partial charge in [0.15, 0.2) is 0 Å². The molecule has 0 aromatic heterocycles. The van der Waals surface area contributed by atoms with Crippen molar-refractivity contribution in [3.05, 3.63) is 59.7 Å². The summed E-state index contributed by atoms with van der Waals surface area (Å²) in [5.74, 6) is 0. The van der Waals surface area contributed by atoms with E-state index in [0.29, 0.717) is 11.1 Å². The molecule has 0 radical (unpaired) electrons. The summed E-state index contributed by atoms with van der Waals surface area (Å²) in [6.45, 7) is 0. The van der Waals surface area contributed by atoms with Crippen LogP contribution in [0.15, 0.2) is 48.5 Å². The third-order valence-electron chi connectivity index (χ3n) is 2.38. The lowest BCUT2D eigenvalue weighted by atomic mass is 9.99. The van der Waals surface area contributed by atoms with Crippen LogP contribution in [-0.4, -0.2) is 6.29 Å². The predicted octanol–water partition coefficient (Wildman–Crippen LogP) is 3.04. The SMILES string of the molecule is N#Cc1ccccc1-c1cccc(C=O)c1. The minimum Gasteiger partial charge on any atom is -0.298 e. The first-order valence-corrected chi connectivity index (χ1v) is 4.90. The number of carbonyl (C=O) groups is 1. The highest BCUT2D eigenvalue weighted by Gasteiger charge is 2.03. The third-order valence-corrected chi connectivity index (χ3v) is 2.38. The van der Waals surface area contributed by atoms with Crippen LogP contribution in [0.4, 0.5) is 0 Å². The number of rotatable bonds is 2. The van der Waals surface area contributed by atoms with Crippen LogP contribution < -0.4 is 0 Å². The van der Waals surface area contributed by atoms with Crippen molar-refractivity contribution in [2.75, 3.05) is 0 Å². The summed E-state index contributed by atoms with van der Waals surface area (Å²) < 4.78 is 0. The van der Waals surface area contributed by atoms with E-state index in [2.05, 4.69) is 6.07 Å². The Morgan fingerprint density at radius 2 is 1.88 bits per heavy atom. The van der Waals surface area contributed by atoms with Crippen LogP contribution in [-0.2, 0) is 0 Å². The Morgan fingerprint density at radius 1 is 1.06 bits per heavy atom. The molecule has 0 spiro atoms. The van der Waals surface area contributed by atoms with Gasteiger partial charge in [-0.25, -0.2) is 0 Å². The van der Waals surface area contributed by atoms with E-state index < -0.39 is 0 Å². The van der Waals surface area contributed by atoms with Crippen molar-refractivity contribution in [2.24, 2.45) is 0 Å². The summed E-state index contributed by atoms with van der Waals surface area (Å²) in [6.07, 6.45) is 0.804. The molecule has 0 unspecified atom stereocenters. The van der Waals surface area contributed by atoms with Gasteiger partial charge in [0.25, 0.3) is 0 Å². The van der Waals surface area contributed by atoms with E-state index in [9.17, 15) is 4.79 Å². The molecule has 0 bridgehead atoms. The number of nitriles is 1. The minimum atomic E-state index is 0.616. The fourth-order valence-electron chi connectivity index (χ4n) is 1.61. The summed E-state index contributed by atoms with van der Waals surface area (Å²) in [7, 11) is 0. The third kappa shape index (κ3) is 1.84. The van der Waals surface area contributed by atoms with E-state index >= 15 is 0 Å². The molecule has 0 atom stereocenters. The van der Waals surface area contributed by atoms with Crippen molar-refractivity contribution < 1.29 is 4.79 Å². The molecule has 0 heterocycles. The van der Waals surface area contributed by atoms with Gasteiger partial charge >= 0.3 is 0 Å². The minimum absolute atomic E-state index is 0.616. The summed E-state index contributed by atoms with van der Waals surface area (Å²) in [5.41, 5.74) is 2.98. The van der Waals surface area contributed by atoms with Gasteiger partial charge in [-0.1, -0.05) is 36.4 Å². The lowest BCUT2D eigenvalue weighted by Crippen LogP contribution is -1.85. The van der Waals surface area contributed by atoms with Gasteiger partial charge in [-0.05, 0) is 23.3 Å². The molecule has 0 aliphatic heterocycles. The maximum absolute atomic E-state index is 10.7. The lowest BCUT2D eigenvalue weighted by Gasteiger charge is -2.04. The molecule has 76 valence electrons. The Hall–Kier alpha value is -2.40. The summed E-state index contributed by atoms with van der Waals surface area (Å²) in [6, 6.07) is 16.7. The quantitative estimate of drug-likeness (QED) is 0.710. The molecule has 2 heteroatoms. The summed E-state index contributed by atoms with van der Waals surface area (Å²) in [5, 5.41) is 8.99. The van der Waals surface area contributed by atoms with Crippen LogP contribution in [0, 0.1) is 11.3 Å². The van der Waals surface area contributed by atoms with Crippen LogP contribution >= 0.6 is 0 Å². The van der Waals surface area contributed by atoms with Crippen LogP contribution in [0.1, 0.15) is 15.9 Å². The first-order chi connectivity index (χ1) is 7.85. The van der Waals surface area contributed by atoms with Gasteiger partial charge in [-0.3, -0.25) is 4.79 Å². The second kappa shape index (κ2) is 4.41. The Labute approximate surface area is 93.8 Å². The molecular formula is C14H9NO. The molecule has 2 rings (SSSR count). The van der Waals surface area contributed by atoms with Crippen molar-refractivity contribution in [1.82, 2.24) is 0 Å². The van der Waals surface area contributed by atoms with E-state index in [-0.39, 0.29) is 0 Å². The molecule has 16 heavy (non-hydrogen) atoms. The molecule has 0 N–H and O–H groups in total. The van der Waals surface area contributed by atoms with Crippen molar-refractivity contribution >= 4 is 6.29 Å². The molecule has 0 aliphatic rings. The van der Waals surface area contributed by atoms with Gasteiger partial charge in [0, 0.05) is 5.56 Å². The van der Waals surface area contributed by atoms with Crippen LogP contribution in [0.5, 0.6) is 0 Å². The second-order valence-corrected chi connectivity index (χ2v) is 3.40. The fraction of sp³-hybridized carbons (Fsp3) is 0. The molecular weight excluding hydrogens is 198 g/mol. The summed E-state index contributed by atoms with van der Waals surface area (Å²) >= 11 is 0. The molecule has 0 aliphatic carbocycles. The predicted molar refractivity (Wildman–Crippen MR) is 62.0 cm³/mol. The molecule has 2 nitrogen and oxygen atoms in total. The number of aldehydes is 1. The topological polar surface area (TPSA) is 40.9 Å². The van der Waals surface area contributed by atoms with Crippen molar-refractivity contribution in [3.8, 4) is 17.2 Å². The number of hydrogen-bond donors (Lipinski definition) is 0. The average Bonchev–Trinajstić information content (AvgIpc) is 2.38.